The first-order valence-corrected chi connectivity index (χ1v) is 6.00. The highest BCUT2D eigenvalue weighted by molar-refractivity contribution is 7.10. The highest BCUT2D eigenvalue weighted by Gasteiger charge is 1.97. The number of hydrogen-bond donors (Lipinski definition) is 2. The lowest BCUT2D eigenvalue weighted by molar-refractivity contribution is -0.111. The molecule has 3 N–H and O–H groups in total. The summed E-state index contributed by atoms with van der Waals surface area (Å²) in [5.41, 5.74) is 6.95. The largest absolute Gasteiger partial charge is 0.399 e. The van der Waals surface area contributed by atoms with Crippen molar-refractivity contribution in [1.29, 1.82) is 0 Å². The molecule has 1 aromatic heterocycles. The van der Waals surface area contributed by atoms with E-state index < -0.39 is 0 Å². The molecule has 0 aliphatic carbocycles. The van der Waals surface area contributed by atoms with Crippen LogP contribution in [0.1, 0.15) is 4.88 Å². The fourth-order valence-electron chi connectivity index (χ4n) is 1.34. The SMILES string of the molecule is Nc1cccc(NC(=O)/C=C/c2cccs2)c1. The average Bonchev–Trinajstić information content (AvgIpc) is 2.79. The van der Waals surface area contributed by atoms with E-state index in [1.54, 1.807) is 41.7 Å². The Hall–Kier alpha value is -2.07. The number of nitrogens with two attached hydrogens (primary N) is 1. The third kappa shape index (κ3) is 3.46. The van der Waals surface area contributed by atoms with Gasteiger partial charge in [0.1, 0.15) is 0 Å². The van der Waals surface area contributed by atoms with E-state index in [0.717, 1.165) is 4.88 Å². The fourth-order valence-corrected chi connectivity index (χ4v) is 1.96. The number of carbonyl (C=O) groups is 1. The summed E-state index contributed by atoms with van der Waals surface area (Å²) in [4.78, 5) is 12.6. The molecule has 1 aromatic carbocycles. The van der Waals surface area contributed by atoms with Crippen molar-refractivity contribution >= 4 is 34.7 Å². The fraction of sp³-hybridized carbons (Fsp3) is 0. The molecule has 0 unspecified atom stereocenters. The number of nitrogens with one attached hydrogen (secondary N) is 1. The molecule has 1 amide bonds. The van der Waals surface area contributed by atoms with Crippen molar-refractivity contribution in [2.24, 2.45) is 0 Å². The molecule has 2 rings (SSSR count). The highest BCUT2D eigenvalue weighted by Crippen LogP contribution is 2.13. The minimum Gasteiger partial charge on any atom is -0.399 e. The highest BCUT2D eigenvalue weighted by atomic mass is 32.1. The summed E-state index contributed by atoms with van der Waals surface area (Å²) in [6.07, 6.45) is 3.29. The summed E-state index contributed by atoms with van der Waals surface area (Å²) >= 11 is 1.59. The van der Waals surface area contributed by atoms with Gasteiger partial charge in [-0.15, -0.1) is 11.3 Å². The van der Waals surface area contributed by atoms with Gasteiger partial charge in [-0.3, -0.25) is 4.79 Å². The second-order valence-electron chi connectivity index (χ2n) is 3.46. The van der Waals surface area contributed by atoms with Crippen LogP contribution in [0, 0.1) is 0 Å². The first-order valence-electron chi connectivity index (χ1n) is 5.12. The van der Waals surface area contributed by atoms with Crippen LogP contribution in [0.3, 0.4) is 0 Å². The van der Waals surface area contributed by atoms with E-state index in [-0.39, 0.29) is 5.91 Å². The molecule has 86 valence electrons. The monoisotopic (exact) mass is 244 g/mol. The zero-order valence-electron chi connectivity index (χ0n) is 9.09. The lowest BCUT2D eigenvalue weighted by Crippen LogP contribution is -2.07. The Morgan fingerprint density at radius 1 is 1.29 bits per heavy atom. The van der Waals surface area contributed by atoms with Gasteiger partial charge in [-0.1, -0.05) is 12.1 Å². The molecule has 0 aliphatic heterocycles. The second-order valence-corrected chi connectivity index (χ2v) is 4.44. The van der Waals surface area contributed by atoms with E-state index in [4.69, 9.17) is 5.73 Å². The number of anilines is 2. The number of nitrogen functional groups attached to an aromatic ring is 1. The predicted molar refractivity (Wildman–Crippen MR) is 72.8 cm³/mol. The summed E-state index contributed by atoms with van der Waals surface area (Å²) < 4.78 is 0. The summed E-state index contributed by atoms with van der Waals surface area (Å²) in [5.74, 6) is -0.163. The maximum atomic E-state index is 11.6. The Morgan fingerprint density at radius 3 is 2.88 bits per heavy atom. The summed E-state index contributed by atoms with van der Waals surface area (Å²) in [6.45, 7) is 0. The molecule has 0 atom stereocenters. The van der Waals surface area contributed by atoms with Gasteiger partial charge in [0.15, 0.2) is 0 Å². The van der Waals surface area contributed by atoms with Crippen LogP contribution in [0.2, 0.25) is 0 Å². The quantitative estimate of drug-likeness (QED) is 0.644. The Kier molecular flexibility index (Phi) is 3.57. The predicted octanol–water partition coefficient (Wildman–Crippen LogP) is 2.98. The minimum atomic E-state index is -0.163. The maximum absolute atomic E-state index is 11.6. The normalized spacial score (nSPS) is 10.6. The average molecular weight is 244 g/mol. The van der Waals surface area contributed by atoms with Gasteiger partial charge in [0.05, 0.1) is 0 Å². The van der Waals surface area contributed by atoms with E-state index in [9.17, 15) is 4.79 Å². The van der Waals surface area contributed by atoms with Crippen LogP contribution in [0.4, 0.5) is 11.4 Å². The maximum Gasteiger partial charge on any atom is 0.248 e. The van der Waals surface area contributed by atoms with Gasteiger partial charge in [-0.05, 0) is 35.7 Å². The van der Waals surface area contributed by atoms with E-state index in [2.05, 4.69) is 5.32 Å². The number of benzene rings is 1. The molecular formula is C13H12N2OS. The second kappa shape index (κ2) is 5.32. The number of carbonyl (C=O) groups excluding carboxylic acids is 1. The summed E-state index contributed by atoms with van der Waals surface area (Å²) in [5, 5.41) is 4.71. The van der Waals surface area contributed by atoms with Crippen LogP contribution in [-0.2, 0) is 4.79 Å². The summed E-state index contributed by atoms with van der Waals surface area (Å²) in [6, 6.07) is 11.0. The standard InChI is InChI=1S/C13H12N2OS/c14-10-3-1-4-11(9-10)15-13(16)7-6-12-5-2-8-17-12/h1-9H,14H2,(H,15,16)/b7-6+. The van der Waals surface area contributed by atoms with Crippen molar-refractivity contribution in [2.75, 3.05) is 11.1 Å². The molecule has 0 aliphatic rings. The molecule has 0 spiro atoms. The van der Waals surface area contributed by atoms with E-state index in [1.807, 2.05) is 17.5 Å². The minimum absolute atomic E-state index is 0.163. The molecule has 0 saturated carbocycles. The molecule has 0 fully saturated rings. The molecule has 0 radical (unpaired) electrons. The number of hydrogen-bond acceptors (Lipinski definition) is 3. The first kappa shape index (κ1) is 11.4. The van der Waals surface area contributed by atoms with Gasteiger partial charge in [-0.2, -0.15) is 0 Å². The van der Waals surface area contributed by atoms with Crippen molar-refractivity contribution in [3.8, 4) is 0 Å². The smallest absolute Gasteiger partial charge is 0.248 e. The molecule has 4 heteroatoms. The van der Waals surface area contributed by atoms with E-state index in [0.29, 0.717) is 11.4 Å². The van der Waals surface area contributed by atoms with Gasteiger partial charge in [0, 0.05) is 22.3 Å². The molecule has 2 aromatic rings. The number of amides is 1. The Labute approximate surface area is 104 Å². The van der Waals surface area contributed by atoms with E-state index in [1.165, 1.54) is 6.08 Å². The third-order valence-electron chi connectivity index (χ3n) is 2.10. The molecule has 3 nitrogen and oxygen atoms in total. The number of rotatable bonds is 3. The van der Waals surface area contributed by atoms with Gasteiger partial charge < -0.3 is 11.1 Å². The van der Waals surface area contributed by atoms with Crippen LogP contribution in [0.25, 0.3) is 6.08 Å². The lowest BCUT2D eigenvalue weighted by Gasteiger charge is -2.02. The van der Waals surface area contributed by atoms with Gasteiger partial charge in [0.2, 0.25) is 5.91 Å². The van der Waals surface area contributed by atoms with Crippen LogP contribution < -0.4 is 11.1 Å². The van der Waals surface area contributed by atoms with Crippen molar-refractivity contribution in [2.45, 2.75) is 0 Å². The van der Waals surface area contributed by atoms with Crippen molar-refractivity contribution in [3.05, 3.63) is 52.7 Å². The Morgan fingerprint density at radius 2 is 2.18 bits per heavy atom. The number of thiophene rings is 1. The molecule has 0 saturated heterocycles. The first-order chi connectivity index (χ1) is 8.24. The Bertz CT molecular complexity index is 532. The molecule has 1 heterocycles. The van der Waals surface area contributed by atoms with Crippen LogP contribution in [0.15, 0.2) is 47.9 Å². The topological polar surface area (TPSA) is 55.1 Å². The molecule has 0 bridgehead atoms. The zero-order valence-corrected chi connectivity index (χ0v) is 9.91. The summed E-state index contributed by atoms with van der Waals surface area (Å²) in [7, 11) is 0. The molecule has 17 heavy (non-hydrogen) atoms. The van der Waals surface area contributed by atoms with Gasteiger partial charge in [-0.25, -0.2) is 0 Å². The lowest BCUT2D eigenvalue weighted by atomic mass is 10.3. The third-order valence-corrected chi connectivity index (χ3v) is 2.93. The zero-order chi connectivity index (χ0) is 12.1. The van der Waals surface area contributed by atoms with E-state index >= 15 is 0 Å². The van der Waals surface area contributed by atoms with Gasteiger partial charge in [0.25, 0.3) is 0 Å². The molecular weight excluding hydrogens is 232 g/mol. The van der Waals surface area contributed by atoms with Crippen LogP contribution in [0.5, 0.6) is 0 Å². The van der Waals surface area contributed by atoms with Crippen LogP contribution in [-0.4, -0.2) is 5.91 Å². The van der Waals surface area contributed by atoms with Gasteiger partial charge >= 0.3 is 0 Å². The van der Waals surface area contributed by atoms with Crippen molar-refractivity contribution < 1.29 is 4.79 Å². The van der Waals surface area contributed by atoms with Crippen LogP contribution >= 0.6 is 11.3 Å². The van der Waals surface area contributed by atoms with Crippen molar-refractivity contribution in [3.63, 3.8) is 0 Å². The van der Waals surface area contributed by atoms with Crippen molar-refractivity contribution in [1.82, 2.24) is 0 Å². The Balaban J connectivity index is 1.98.